The largest absolute Gasteiger partial charge is 0.340 e. The molecule has 1 aromatic rings. The van der Waals surface area contributed by atoms with Crippen molar-refractivity contribution in [2.24, 2.45) is 34.8 Å². The molecular weight excluding hydrogens is 440 g/mol. The van der Waals surface area contributed by atoms with Crippen LogP contribution in [0.15, 0.2) is 0 Å². The number of nitrogens with two attached hydrogens (primary N) is 4. The topological polar surface area (TPSA) is 152 Å². The highest BCUT2D eigenvalue weighted by Crippen LogP contribution is 2.37. The SMILES string of the molecule is Cl.N[C@@H]1C[C@H](N)CN(c2nc(N3C[C@H](N)C[C@H](N)C3)nc(N3CC[C@@H]4CCCC[C@@H]4C3)n2)C1. The summed E-state index contributed by atoms with van der Waals surface area (Å²) in [5.74, 6) is 3.73. The van der Waals surface area contributed by atoms with Crippen LogP contribution in [0, 0.1) is 11.8 Å². The molecule has 0 amide bonds. The van der Waals surface area contributed by atoms with Crippen molar-refractivity contribution in [3.63, 3.8) is 0 Å². The Balaban J connectivity index is 0.00000259. The second-order valence-electron chi connectivity index (χ2n) is 10.6. The van der Waals surface area contributed by atoms with Crippen LogP contribution in [-0.4, -0.2) is 78.4 Å². The summed E-state index contributed by atoms with van der Waals surface area (Å²) in [6.07, 6.45) is 8.29. The Kier molecular flexibility index (Phi) is 7.80. The van der Waals surface area contributed by atoms with Crippen LogP contribution in [0.3, 0.4) is 0 Å². The van der Waals surface area contributed by atoms with E-state index >= 15 is 0 Å². The normalized spacial score (nSPS) is 35.1. The summed E-state index contributed by atoms with van der Waals surface area (Å²) in [5.41, 5.74) is 25.1. The van der Waals surface area contributed by atoms with Gasteiger partial charge in [-0.2, -0.15) is 15.0 Å². The molecule has 5 rings (SSSR count). The van der Waals surface area contributed by atoms with Gasteiger partial charge in [-0.25, -0.2) is 0 Å². The van der Waals surface area contributed by atoms with Crippen molar-refractivity contribution in [3.8, 4) is 0 Å². The Morgan fingerprint density at radius 3 is 1.45 bits per heavy atom. The second-order valence-corrected chi connectivity index (χ2v) is 10.6. The van der Waals surface area contributed by atoms with E-state index in [4.69, 9.17) is 37.9 Å². The maximum Gasteiger partial charge on any atom is 0.232 e. The quantitative estimate of drug-likeness (QED) is 0.466. The molecule has 1 aliphatic carbocycles. The Labute approximate surface area is 203 Å². The van der Waals surface area contributed by atoms with Crippen molar-refractivity contribution in [1.29, 1.82) is 0 Å². The van der Waals surface area contributed by atoms with Gasteiger partial charge in [-0.15, -0.1) is 12.4 Å². The number of nitrogens with zero attached hydrogens (tertiary/aromatic N) is 6. The Morgan fingerprint density at radius 2 is 0.970 bits per heavy atom. The summed E-state index contributed by atoms with van der Waals surface area (Å²) in [6.45, 7) is 4.87. The lowest BCUT2D eigenvalue weighted by Crippen LogP contribution is -2.54. The number of piperidine rings is 3. The monoisotopic (exact) mass is 480 g/mol. The van der Waals surface area contributed by atoms with Gasteiger partial charge in [0.15, 0.2) is 0 Å². The van der Waals surface area contributed by atoms with Gasteiger partial charge >= 0.3 is 0 Å². The van der Waals surface area contributed by atoms with Gasteiger partial charge in [0.1, 0.15) is 0 Å². The van der Waals surface area contributed by atoms with Gasteiger partial charge in [0, 0.05) is 63.4 Å². The second kappa shape index (κ2) is 10.4. The fourth-order valence-electron chi connectivity index (χ4n) is 6.23. The lowest BCUT2D eigenvalue weighted by Gasteiger charge is -2.42. The molecule has 4 aliphatic rings. The number of halogens is 1. The lowest BCUT2D eigenvalue weighted by atomic mass is 9.75. The molecule has 1 aromatic heterocycles. The lowest BCUT2D eigenvalue weighted by molar-refractivity contribution is 0.201. The molecule has 33 heavy (non-hydrogen) atoms. The van der Waals surface area contributed by atoms with E-state index in [-0.39, 0.29) is 36.6 Å². The molecule has 6 atom stereocenters. The standard InChI is InChI=1S/C22H40N10.ClH/c23-16-7-17(24)11-31(10-16)21-27-20(30-6-5-14-3-1-2-4-15(14)9-30)28-22(29-21)32-12-18(25)8-19(26)13-32;/h14-19H,1-13,23-26H2;1H/t14-,15+,16-,17+,18-,19+;/m0./s1. The van der Waals surface area contributed by atoms with Gasteiger partial charge in [-0.05, 0) is 37.5 Å². The summed E-state index contributed by atoms with van der Waals surface area (Å²) in [4.78, 5) is 21.4. The van der Waals surface area contributed by atoms with Crippen molar-refractivity contribution in [2.45, 2.75) is 69.1 Å². The minimum absolute atomic E-state index is 0. The summed E-state index contributed by atoms with van der Waals surface area (Å²) >= 11 is 0. The van der Waals surface area contributed by atoms with E-state index in [1.54, 1.807) is 0 Å². The first-order valence-corrected chi connectivity index (χ1v) is 12.5. The third-order valence-corrected chi connectivity index (χ3v) is 7.77. The molecule has 0 spiro atoms. The van der Waals surface area contributed by atoms with E-state index in [0.717, 1.165) is 43.7 Å². The molecule has 0 unspecified atom stereocenters. The molecular formula is C22H41ClN10. The van der Waals surface area contributed by atoms with Crippen LogP contribution in [0.1, 0.15) is 44.9 Å². The van der Waals surface area contributed by atoms with E-state index in [0.29, 0.717) is 38.1 Å². The number of aromatic nitrogens is 3. The molecule has 4 heterocycles. The third-order valence-electron chi connectivity index (χ3n) is 7.77. The van der Waals surface area contributed by atoms with E-state index in [9.17, 15) is 0 Å². The molecule has 3 saturated heterocycles. The van der Waals surface area contributed by atoms with Gasteiger partial charge in [0.05, 0.1) is 0 Å². The van der Waals surface area contributed by atoms with Crippen LogP contribution in [0.5, 0.6) is 0 Å². The summed E-state index contributed by atoms with van der Waals surface area (Å²) < 4.78 is 0. The van der Waals surface area contributed by atoms with Gasteiger partial charge < -0.3 is 37.6 Å². The van der Waals surface area contributed by atoms with E-state index in [2.05, 4.69) is 14.7 Å². The zero-order valence-electron chi connectivity index (χ0n) is 19.6. The van der Waals surface area contributed by atoms with Gasteiger partial charge in [0.25, 0.3) is 0 Å². The smallest absolute Gasteiger partial charge is 0.232 e. The molecule has 8 N–H and O–H groups in total. The van der Waals surface area contributed by atoms with Crippen molar-refractivity contribution in [2.75, 3.05) is 54.0 Å². The number of anilines is 3. The minimum Gasteiger partial charge on any atom is -0.340 e. The van der Waals surface area contributed by atoms with Crippen molar-refractivity contribution < 1.29 is 0 Å². The molecule has 186 valence electrons. The Morgan fingerprint density at radius 1 is 0.545 bits per heavy atom. The third kappa shape index (κ3) is 5.62. The van der Waals surface area contributed by atoms with Crippen molar-refractivity contribution >= 4 is 30.3 Å². The van der Waals surface area contributed by atoms with Crippen LogP contribution in [0.4, 0.5) is 17.8 Å². The van der Waals surface area contributed by atoms with Gasteiger partial charge in [0.2, 0.25) is 17.8 Å². The van der Waals surface area contributed by atoms with Crippen molar-refractivity contribution in [3.05, 3.63) is 0 Å². The Bertz CT molecular complexity index is 732. The maximum absolute atomic E-state index is 6.28. The number of rotatable bonds is 3. The number of hydrogen-bond donors (Lipinski definition) is 4. The highest BCUT2D eigenvalue weighted by molar-refractivity contribution is 5.85. The molecule has 3 aliphatic heterocycles. The zero-order valence-corrected chi connectivity index (χ0v) is 20.4. The average Bonchev–Trinajstić information content (AvgIpc) is 2.77. The predicted octanol–water partition coefficient (Wildman–Crippen LogP) is 0.0393. The van der Waals surface area contributed by atoms with Gasteiger partial charge in [-0.1, -0.05) is 19.3 Å². The first-order chi connectivity index (χ1) is 15.4. The Hall–Kier alpha value is -1.46. The molecule has 4 fully saturated rings. The van der Waals surface area contributed by atoms with Crippen LogP contribution >= 0.6 is 12.4 Å². The zero-order chi connectivity index (χ0) is 22.2. The molecule has 11 heteroatoms. The maximum atomic E-state index is 6.28. The predicted molar refractivity (Wildman–Crippen MR) is 135 cm³/mol. The molecule has 10 nitrogen and oxygen atoms in total. The van der Waals surface area contributed by atoms with E-state index in [1.807, 2.05) is 0 Å². The average molecular weight is 481 g/mol. The van der Waals surface area contributed by atoms with E-state index < -0.39 is 0 Å². The van der Waals surface area contributed by atoms with Crippen LogP contribution in [0.2, 0.25) is 0 Å². The molecule has 0 aromatic carbocycles. The fourth-order valence-corrected chi connectivity index (χ4v) is 6.23. The first-order valence-electron chi connectivity index (χ1n) is 12.5. The van der Waals surface area contributed by atoms with Crippen LogP contribution in [-0.2, 0) is 0 Å². The van der Waals surface area contributed by atoms with Gasteiger partial charge in [-0.3, -0.25) is 0 Å². The van der Waals surface area contributed by atoms with Crippen LogP contribution < -0.4 is 37.6 Å². The minimum atomic E-state index is 0. The fraction of sp³-hybridized carbons (Fsp3) is 0.864. The molecule has 0 bridgehead atoms. The number of hydrogen-bond acceptors (Lipinski definition) is 10. The van der Waals surface area contributed by atoms with Crippen molar-refractivity contribution in [1.82, 2.24) is 15.0 Å². The highest BCUT2D eigenvalue weighted by atomic mass is 35.5. The highest BCUT2D eigenvalue weighted by Gasteiger charge is 2.34. The molecule has 0 radical (unpaired) electrons. The first kappa shape index (κ1) is 24.7. The van der Waals surface area contributed by atoms with E-state index in [1.165, 1.54) is 32.1 Å². The van der Waals surface area contributed by atoms with Crippen LogP contribution in [0.25, 0.3) is 0 Å². The number of fused-ring (bicyclic) bond motifs is 1. The summed E-state index contributed by atoms with van der Waals surface area (Å²) in [6, 6.07) is 0.101. The summed E-state index contributed by atoms with van der Waals surface area (Å²) in [7, 11) is 0. The summed E-state index contributed by atoms with van der Waals surface area (Å²) in [5, 5.41) is 0. The molecule has 1 saturated carbocycles.